The first-order valence-electron chi connectivity index (χ1n) is 6.51. The van der Waals surface area contributed by atoms with Crippen molar-refractivity contribution in [2.24, 2.45) is 11.5 Å². The van der Waals surface area contributed by atoms with E-state index in [4.69, 9.17) is 11.5 Å². The lowest BCUT2D eigenvalue weighted by atomic mass is 9.85. The van der Waals surface area contributed by atoms with Gasteiger partial charge in [-0.3, -0.25) is 14.8 Å². The summed E-state index contributed by atoms with van der Waals surface area (Å²) in [5, 5.41) is 0. The molecule has 0 saturated carbocycles. The van der Waals surface area contributed by atoms with Gasteiger partial charge in [-0.25, -0.2) is 0 Å². The molecule has 0 amide bonds. The Morgan fingerprint density at radius 2 is 1.40 bits per heavy atom. The normalized spacial score (nSPS) is 13.7. The summed E-state index contributed by atoms with van der Waals surface area (Å²) >= 11 is 0. The van der Waals surface area contributed by atoms with Gasteiger partial charge in [-0.05, 0) is 23.3 Å². The Labute approximate surface area is 118 Å². The Morgan fingerprint density at radius 3 is 1.70 bits per heavy atom. The van der Waals surface area contributed by atoms with E-state index in [1.54, 1.807) is 36.9 Å². The Morgan fingerprint density at radius 1 is 0.950 bits per heavy atom. The predicted molar refractivity (Wildman–Crippen MR) is 77.1 cm³/mol. The fraction of sp³-hybridized carbons (Fsp3) is 0.267. The summed E-state index contributed by atoms with van der Waals surface area (Å²) in [5.74, 6) is -0.772. The number of carbonyl (C=O) groups excluding carboxylic acids is 1. The van der Waals surface area contributed by atoms with Crippen LogP contribution in [0.2, 0.25) is 0 Å². The summed E-state index contributed by atoms with van der Waals surface area (Å²) in [6.07, 6.45) is 6.69. The number of rotatable bonds is 6. The molecule has 0 radical (unpaired) electrons. The van der Waals surface area contributed by atoms with Crippen LogP contribution in [0, 0.1) is 0 Å². The lowest BCUT2D eigenvalue weighted by molar-refractivity contribution is -0.121. The first-order chi connectivity index (χ1) is 9.77. The van der Waals surface area contributed by atoms with Crippen LogP contribution in [0.4, 0.5) is 0 Å². The van der Waals surface area contributed by atoms with Crippen molar-refractivity contribution in [3.63, 3.8) is 0 Å². The van der Waals surface area contributed by atoms with Crippen molar-refractivity contribution in [3.05, 3.63) is 60.2 Å². The second-order valence-corrected chi connectivity index (χ2v) is 4.55. The van der Waals surface area contributed by atoms with Gasteiger partial charge in [0.15, 0.2) is 0 Å². The molecule has 104 valence electrons. The average Bonchev–Trinajstić information content (AvgIpc) is 2.51. The highest BCUT2D eigenvalue weighted by Gasteiger charge is 2.27. The SMILES string of the molecule is NCC(C(=O)C(CN)c1cccnc1)c1cccnc1. The van der Waals surface area contributed by atoms with Crippen LogP contribution in [0.5, 0.6) is 0 Å². The van der Waals surface area contributed by atoms with E-state index in [9.17, 15) is 4.79 Å². The van der Waals surface area contributed by atoms with Gasteiger partial charge in [0.2, 0.25) is 0 Å². The average molecular weight is 270 g/mol. The van der Waals surface area contributed by atoms with Crippen LogP contribution in [0.15, 0.2) is 49.1 Å². The van der Waals surface area contributed by atoms with Gasteiger partial charge in [-0.1, -0.05) is 12.1 Å². The van der Waals surface area contributed by atoms with E-state index in [-0.39, 0.29) is 18.9 Å². The second-order valence-electron chi connectivity index (χ2n) is 4.55. The molecule has 0 aromatic carbocycles. The molecule has 0 aliphatic rings. The third kappa shape index (κ3) is 3.07. The van der Waals surface area contributed by atoms with E-state index in [1.807, 2.05) is 12.1 Å². The molecule has 0 fully saturated rings. The van der Waals surface area contributed by atoms with E-state index < -0.39 is 11.8 Å². The molecule has 2 atom stereocenters. The van der Waals surface area contributed by atoms with Gasteiger partial charge in [-0.15, -0.1) is 0 Å². The lowest BCUT2D eigenvalue weighted by Gasteiger charge is -2.20. The summed E-state index contributed by atoms with van der Waals surface area (Å²) in [6, 6.07) is 7.32. The number of carbonyl (C=O) groups is 1. The molecule has 20 heavy (non-hydrogen) atoms. The van der Waals surface area contributed by atoms with E-state index in [0.717, 1.165) is 11.1 Å². The zero-order valence-electron chi connectivity index (χ0n) is 11.1. The number of Topliss-reactive ketones (excluding diaryl/α,β-unsaturated/α-hetero) is 1. The van der Waals surface area contributed by atoms with Crippen LogP contribution in [0.25, 0.3) is 0 Å². The number of ketones is 1. The number of hydrogen-bond acceptors (Lipinski definition) is 5. The number of hydrogen-bond donors (Lipinski definition) is 2. The highest BCUT2D eigenvalue weighted by molar-refractivity contribution is 5.92. The van der Waals surface area contributed by atoms with Crippen LogP contribution in [-0.2, 0) is 4.79 Å². The lowest BCUT2D eigenvalue weighted by Crippen LogP contribution is -2.30. The molecule has 2 heterocycles. The predicted octanol–water partition coefficient (Wildman–Crippen LogP) is 0.831. The monoisotopic (exact) mass is 270 g/mol. The van der Waals surface area contributed by atoms with Crippen LogP contribution in [-0.4, -0.2) is 28.8 Å². The number of aromatic nitrogens is 2. The van der Waals surface area contributed by atoms with Gasteiger partial charge in [0.05, 0.1) is 11.8 Å². The van der Waals surface area contributed by atoms with Crippen molar-refractivity contribution in [2.45, 2.75) is 11.8 Å². The molecule has 0 saturated heterocycles. The molecular weight excluding hydrogens is 252 g/mol. The Kier molecular flexibility index (Phi) is 4.92. The highest BCUT2D eigenvalue weighted by Crippen LogP contribution is 2.24. The molecule has 2 aromatic heterocycles. The minimum absolute atomic E-state index is 0.0102. The Bertz CT molecular complexity index is 495. The quantitative estimate of drug-likeness (QED) is 0.810. The van der Waals surface area contributed by atoms with E-state index in [0.29, 0.717) is 0 Å². The van der Waals surface area contributed by atoms with E-state index >= 15 is 0 Å². The maximum atomic E-state index is 12.7. The largest absolute Gasteiger partial charge is 0.329 e. The van der Waals surface area contributed by atoms with Crippen molar-refractivity contribution in [3.8, 4) is 0 Å². The van der Waals surface area contributed by atoms with Gasteiger partial charge >= 0.3 is 0 Å². The molecule has 0 aliphatic carbocycles. The molecule has 0 aliphatic heterocycles. The van der Waals surface area contributed by atoms with Crippen LogP contribution >= 0.6 is 0 Å². The first kappa shape index (κ1) is 14.3. The molecule has 5 heteroatoms. The fourth-order valence-corrected chi connectivity index (χ4v) is 2.24. The maximum Gasteiger partial charge on any atom is 0.150 e. The maximum absolute atomic E-state index is 12.7. The fourth-order valence-electron chi connectivity index (χ4n) is 2.24. The Balaban J connectivity index is 2.28. The summed E-state index contributed by atoms with van der Waals surface area (Å²) in [7, 11) is 0. The van der Waals surface area contributed by atoms with Gasteiger partial charge in [0.1, 0.15) is 5.78 Å². The first-order valence-corrected chi connectivity index (χ1v) is 6.51. The van der Waals surface area contributed by atoms with Gasteiger partial charge in [-0.2, -0.15) is 0 Å². The molecule has 4 N–H and O–H groups in total. The van der Waals surface area contributed by atoms with E-state index in [1.165, 1.54) is 0 Å². The van der Waals surface area contributed by atoms with Gasteiger partial charge in [0, 0.05) is 37.9 Å². The Hall–Kier alpha value is -2.11. The summed E-state index contributed by atoms with van der Waals surface area (Å²) in [6.45, 7) is 0.475. The zero-order valence-corrected chi connectivity index (χ0v) is 11.1. The van der Waals surface area contributed by atoms with Gasteiger partial charge in [0.25, 0.3) is 0 Å². The van der Waals surface area contributed by atoms with Crippen LogP contribution < -0.4 is 11.5 Å². The number of nitrogens with two attached hydrogens (primary N) is 2. The summed E-state index contributed by atoms with van der Waals surface area (Å²) in [4.78, 5) is 20.8. The summed E-state index contributed by atoms with van der Waals surface area (Å²) in [5.41, 5.74) is 13.2. The molecule has 2 unspecified atom stereocenters. The van der Waals surface area contributed by atoms with Crippen molar-refractivity contribution in [2.75, 3.05) is 13.1 Å². The number of nitrogens with zero attached hydrogens (tertiary/aromatic N) is 2. The van der Waals surface area contributed by atoms with Crippen molar-refractivity contribution in [1.82, 2.24) is 9.97 Å². The second kappa shape index (κ2) is 6.88. The van der Waals surface area contributed by atoms with Crippen molar-refractivity contribution >= 4 is 5.78 Å². The smallest absolute Gasteiger partial charge is 0.150 e. The topological polar surface area (TPSA) is 94.9 Å². The van der Waals surface area contributed by atoms with Gasteiger partial charge < -0.3 is 11.5 Å². The minimum atomic E-state index is -0.391. The minimum Gasteiger partial charge on any atom is -0.329 e. The third-order valence-electron chi connectivity index (χ3n) is 3.33. The van der Waals surface area contributed by atoms with Crippen LogP contribution in [0.1, 0.15) is 23.0 Å². The molecule has 0 spiro atoms. The molecule has 2 aromatic rings. The zero-order chi connectivity index (χ0) is 14.4. The highest BCUT2D eigenvalue weighted by atomic mass is 16.1. The third-order valence-corrected chi connectivity index (χ3v) is 3.33. The summed E-state index contributed by atoms with van der Waals surface area (Å²) < 4.78 is 0. The van der Waals surface area contributed by atoms with Crippen molar-refractivity contribution < 1.29 is 4.79 Å². The standard InChI is InChI=1S/C15H18N4O/c16-7-13(11-3-1-5-18-9-11)15(20)14(8-17)12-4-2-6-19-10-12/h1-6,9-10,13-14H,7-8,16-17H2. The van der Waals surface area contributed by atoms with E-state index in [2.05, 4.69) is 9.97 Å². The molecule has 2 rings (SSSR count). The molecule has 5 nitrogen and oxygen atoms in total. The molecule has 0 bridgehead atoms. The van der Waals surface area contributed by atoms with Crippen molar-refractivity contribution in [1.29, 1.82) is 0 Å². The number of pyridine rings is 2. The van der Waals surface area contributed by atoms with Crippen LogP contribution in [0.3, 0.4) is 0 Å². The molecular formula is C15H18N4O.